The summed E-state index contributed by atoms with van der Waals surface area (Å²) in [5.41, 5.74) is 0.539. The summed E-state index contributed by atoms with van der Waals surface area (Å²) in [4.78, 5) is 10.8. The molecule has 1 atom stereocenters. The number of rotatable bonds is 2. The van der Waals surface area contributed by atoms with E-state index in [4.69, 9.17) is 5.11 Å². The first-order valence-corrected chi connectivity index (χ1v) is 3.16. The number of aliphatic hydroxyl groups is 1. The van der Waals surface area contributed by atoms with Crippen LogP contribution in [0.25, 0.3) is 0 Å². The maximum absolute atomic E-state index is 10.8. The van der Waals surface area contributed by atoms with E-state index in [1.54, 1.807) is 20.9 Å². The molecule has 0 aliphatic carbocycles. The van der Waals surface area contributed by atoms with Gasteiger partial charge in [-0.05, 0) is 19.9 Å². The van der Waals surface area contributed by atoms with E-state index in [9.17, 15) is 4.79 Å². The third-order valence-corrected chi connectivity index (χ3v) is 1.08. The van der Waals surface area contributed by atoms with Crippen LogP contribution in [0.2, 0.25) is 0 Å². The van der Waals surface area contributed by atoms with Crippen molar-refractivity contribution >= 4 is 5.91 Å². The van der Waals surface area contributed by atoms with Crippen LogP contribution < -0.4 is 5.32 Å². The van der Waals surface area contributed by atoms with Crippen molar-refractivity contribution in [2.45, 2.75) is 20.0 Å². The lowest BCUT2D eigenvalue weighted by Gasteiger charge is -2.00. The van der Waals surface area contributed by atoms with Gasteiger partial charge in [-0.2, -0.15) is 0 Å². The number of aliphatic hydroxyl groups excluding tert-OH is 1. The second-order valence-corrected chi connectivity index (χ2v) is 2.17. The molecular formula is C7H13NO2. The van der Waals surface area contributed by atoms with Crippen LogP contribution in [0.4, 0.5) is 0 Å². The maximum Gasteiger partial charge on any atom is 0.246 e. The SMILES string of the molecule is CNC(=O)C(C)=CC(C)O. The molecule has 58 valence electrons. The number of hydrogen-bond acceptors (Lipinski definition) is 2. The average Bonchev–Trinajstić information content (AvgIpc) is 1.85. The van der Waals surface area contributed by atoms with Crippen LogP contribution in [0.15, 0.2) is 11.6 Å². The number of amides is 1. The molecule has 3 heteroatoms. The van der Waals surface area contributed by atoms with Crippen LogP contribution in [0.3, 0.4) is 0 Å². The Kier molecular flexibility index (Phi) is 3.72. The van der Waals surface area contributed by atoms with Gasteiger partial charge in [0.2, 0.25) is 5.91 Å². The first-order chi connectivity index (χ1) is 4.57. The highest BCUT2D eigenvalue weighted by Crippen LogP contribution is 1.94. The second kappa shape index (κ2) is 4.06. The smallest absolute Gasteiger partial charge is 0.246 e. The van der Waals surface area contributed by atoms with Gasteiger partial charge in [0.1, 0.15) is 0 Å². The molecule has 0 aromatic heterocycles. The number of nitrogens with one attached hydrogen (secondary N) is 1. The Labute approximate surface area is 60.7 Å². The predicted molar refractivity (Wildman–Crippen MR) is 39.5 cm³/mol. The van der Waals surface area contributed by atoms with E-state index in [1.165, 1.54) is 6.08 Å². The van der Waals surface area contributed by atoms with Crippen LogP contribution in [-0.4, -0.2) is 24.2 Å². The van der Waals surface area contributed by atoms with Gasteiger partial charge < -0.3 is 10.4 Å². The monoisotopic (exact) mass is 143 g/mol. The zero-order valence-electron chi connectivity index (χ0n) is 6.51. The molecule has 2 N–H and O–H groups in total. The molecule has 0 rings (SSSR count). The fraction of sp³-hybridized carbons (Fsp3) is 0.571. The standard InChI is InChI=1S/C7H13NO2/c1-5(4-6(2)9)7(10)8-3/h4,6,9H,1-3H3,(H,8,10). The maximum atomic E-state index is 10.8. The van der Waals surface area contributed by atoms with Crippen molar-refractivity contribution in [3.05, 3.63) is 11.6 Å². The molecule has 0 aromatic carbocycles. The van der Waals surface area contributed by atoms with Crippen molar-refractivity contribution in [2.24, 2.45) is 0 Å². The summed E-state index contributed by atoms with van der Waals surface area (Å²) in [6, 6.07) is 0. The fourth-order valence-corrected chi connectivity index (χ4v) is 0.635. The minimum Gasteiger partial charge on any atom is -0.389 e. The van der Waals surface area contributed by atoms with E-state index in [0.717, 1.165) is 0 Å². The number of carbonyl (C=O) groups is 1. The van der Waals surface area contributed by atoms with Gasteiger partial charge in [0, 0.05) is 12.6 Å². The van der Waals surface area contributed by atoms with E-state index >= 15 is 0 Å². The van der Waals surface area contributed by atoms with Gasteiger partial charge in [0.05, 0.1) is 6.10 Å². The average molecular weight is 143 g/mol. The zero-order chi connectivity index (χ0) is 8.15. The molecule has 0 aliphatic heterocycles. The van der Waals surface area contributed by atoms with Crippen molar-refractivity contribution in [1.29, 1.82) is 0 Å². The summed E-state index contributed by atoms with van der Waals surface area (Å²) in [7, 11) is 1.56. The Balaban J connectivity index is 4.05. The molecule has 0 fully saturated rings. The zero-order valence-corrected chi connectivity index (χ0v) is 6.51. The Morgan fingerprint density at radius 3 is 2.50 bits per heavy atom. The van der Waals surface area contributed by atoms with Gasteiger partial charge in [-0.3, -0.25) is 4.79 Å². The van der Waals surface area contributed by atoms with Crippen LogP contribution >= 0.6 is 0 Å². The van der Waals surface area contributed by atoms with Crippen LogP contribution in [0, 0.1) is 0 Å². The summed E-state index contributed by atoms with van der Waals surface area (Å²) in [6.07, 6.45) is 0.941. The third kappa shape index (κ3) is 3.25. The summed E-state index contributed by atoms with van der Waals surface area (Å²) < 4.78 is 0. The van der Waals surface area contributed by atoms with Crippen LogP contribution in [0.1, 0.15) is 13.8 Å². The van der Waals surface area contributed by atoms with Crippen molar-refractivity contribution in [3.8, 4) is 0 Å². The molecule has 0 aliphatic rings. The Bertz CT molecular complexity index is 150. The summed E-state index contributed by atoms with van der Waals surface area (Å²) in [5, 5.41) is 11.3. The number of carbonyl (C=O) groups excluding carboxylic acids is 1. The highest BCUT2D eigenvalue weighted by atomic mass is 16.3. The highest BCUT2D eigenvalue weighted by molar-refractivity contribution is 5.92. The lowest BCUT2D eigenvalue weighted by molar-refractivity contribution is -0.117. The van der Waals surface area contributed by atoms with E-state index in [1.807, 2.05) is 0 Å². The molecule has 0 saturated carbocycles. The minimum atomic E-state index is -0.558. The molecule has 0 radical (unpaired) electrons. The molecule has 0 bridgehead atoms. The Morgan fingerprint density at radius 2 is 2.20 bits per heavy atom. The van der Waals surface area contributed by atoms with Crippen molar-refractivity contribution in [1.82, 2.24) is 5.32 Å². The summed E-state index contributed by atoms with van der Waals surface area (Å²) in [6.45, 7) is 3.26. The van der Waals surface area contributed by atoms with Crippen LogP contribution in [0.5, 0.6) is 0 Å². The topological polar surface area (TPSA) is 49.3 Å². The molecular weight excluding hydrogens is 130 g/mol. The lowest BCUT2D eigenvalue weighted by atomic mass is 10.2. The van der Waals surface area contributed by atoms with Crippen molar-refractivity contribution in [2.75, 3.05) is 7.05 Å². The molecule has 0 heterocycles. The van der Waals surface area contributed by atoms with E-state index in [-0.39, 0.29) is 5.91 Å². The third-order valence-electron chi connectivity index (χ3n) is 1.08. The van der Waals surface area contributed by atoms with Gasteiger partial charge in [-0.1, -0.05) is 0 Å². The van der Waals surface area contributed by atoms with Gasteiger partial charge in [-0.25, -0.2) is 0 Å². The Morgan fingerprint density at radius 1 is 1.70 bits per heavy atom. The molecule has 1 amide bonds. The largest absolute Gasteiger partial charge is 0.389 e. The first kappa shape index (κ1) is 9.17. The second-order valence-electron chi connectivity index (χ2n) is 2.17. The predicted octanol–water partition coefficient (Wildman–Crippen LogP) is 0.0595. The molecule has 10 heavy (non-hydrogen) atoms. The van der Waals surface area contributed by atoms with E-state index in [2.05, 4.69) is 5.32 Å². The van der Waals surface area contributed by atoms with E-state index < -0.39 is 6.10 Å². The summed E-state index contributed by atoms with van der Waals surface area (Å²) in [5.74, 6) is -0.152. The molecule has 1 unspecified atom stereocenters. The molecule has 3 nitrogen and oxygen atoms in total. The normalized spacial score (nSPS) is 14.6. The molecule has 0 aromatic rings. The van der Waals surface area contributed by atoms with Crippen LogP contribution in [-0.2, 0) is 4.79 Å². The molecule has 0 spiro atoms. The van der Waals surface area contributed by atoms with Gasteiger partial charge in [-0.15, -0.1) is 0 Å². The Hall–Kier alpha value is -0.830. The van der Waals surface area contributed by atoms with Gasteiger partial charge >= 0.3 is 0 Å². The first-order valence-electron chi connectivity index (χ1n) is 3.16. The number of hydrogen-bond donors (Lipinski definition) is 2. The lowest BCUT2D eigenvalue weighted by Crippen LogP contribution is -2.19. The van der Waals surface area contributed by atoms with Gasteiger partial charge in [0.15, 0.2) is 0 Å². The fourth-order valence-electron chi connectivity index (χ4n) is 0.635. The quantitative estimate of drug-likeness (QED) is 0.537. The number of likely N-dealkylation sites (N-methyl/N-ethyl adjacent to an activating group) is 1. The molecule has 0 saturated heterocycles. The van der Waals surface area contributed by atoms with Crippen molar-refractivity contribution in [3.63, 3.8) is 0 Å². The van der Waals surface area contributed by atoms with E-state index in [0.29, 0.717) is 5.57 Å². The van der Waals surface area contributed by atoms with Gasteiger partial charge in [0.25, 0.3) is 0 Å². The van der Waals surface area contributed by atoms with Crippen molar-refractivity contribution < 1.29 is 9.90 Å². The highest BCUT2D eigenvalue weighted by Gasteiger charge is 2.00. The minimum absolute atomic E-state index is 0.152. The summed E-state index contributed by atoms with van der Waals surface area (Å²) >= 11 is 0.